The lowest BCUT2D eigenvalue weighted by molar-refractivity contribution is 0.248. The Hall–Kier alpha value is -2.77. The molecule has 1 atom stereocenters. The van der Waals surface area contributed by atoms with Crippen LogP contribution in [0.3, 0.4) is 0 Å². The van der Waals surface area contributed by atoms with E-state index in [0.717, 1.165) is 0 Å². The fourth-order valence-electron chi connectivity index (χ4n) is 2.32. The van der Waals surface area contributed by atoms with Gasteiger partial charge in [0.05, 0.1) is 0 Å². The number of aromatic nitrogens is 2. The van der Waals surface area contributed by atoms with Gasteiger partial charge in [0, 0.05) is 18.3 Å². The van der Waals surface area contributed by atoms with E-state index in [9.17, 15) is 19.8 Å². The number of aromatic amines is 1. The van der Waals surface area contributed by atoms with Gasteiger partial charge in [-0.15, -0.1) is 0 Å². The predicted octanol–water partition coefficient (Wildman–Crippen LogP) is 1.88. The Morgan fingerprint density at radius 1 is 1.43 bits per heavy atom. The van der Waals surface area contributed by atoms with Gasteiger partial charge in [-0.05, 0) is 37.3 Å². The quantitative estimate of drug-likeness (QED) is 0.579. The fourth-order valence-corrected chi connectivity index (χ4v) is 2.32. The predicted molar refractivity (Wildman–Crippen MR) is 85.4 cm³/mol. The van der Waals surface area contributed by atoms with Crippen LogP contribution in [0, 0.1) is 12.3 Å². The number of aliphatic hydroxyl groups excluding tert-OH is 2. The first-order valence-corrected chi connectivity index (χ1v) is 7.21. The van der Waals surface area contributed by atoms with Gasteiger partial charge in [-0.25, -0.2) is 4.79 Å². The number of allylic oxidation sites excluding steroid dienone is 2. The van der Waals surface area contributed by atoms with Crippen molar-refractivity contribution >= 4 is 12.0 Å². The van der Waals surface area contributed by atoms with Crippen molar-refractivity contribution in [3.8, 4) is 0 Å². The Bertz CT molecular complexity index is 722. The van der Waals surface area contributed by atoms with Crippen LogP contribution in [0.4, 0.5) is 10.7 Å². The zero-order valence-corrected chi connectivity index (χ0v) is 13.0. The van der Waals surface area contributed by atoms with Gasteiger partial charge < -0.3 is 20.5 Å². The first kappa shape index (κ1) is 16.6. The van der Waals surface area contributed by atoms with Gasteiger partial charge in [0.1, 0.15) is 0 Å². The number of carbonyl (C=O) groups is 1. The van der Waals surface area contributed by atoms with E-state index in [1.165, 1.54) is 6.07 Å². The molecule has 0 aromatic carbocycles. The molecule has 2 rings (SSSR count). The first-order chi connectivity index (χ1) is 10.8. The van der Waals surface area contributed by atoms with E-state index in [2.05, 4.69) is 20.6 Å². The number of urea groups is 1. The highest BCUT2D eigenvalue weighted by Gasteiger charge is 2.26. The molecule has 0 bridgehead atoms. The minimum Gasteiger partial charge on any atom is -0.504 e. The fraction of sp³-hybridized carbons (Fsp3) is 0.400. The third-order valence-electron chi connectivity index (χ3n) is 3.60. The largest absolute Gasteiger partial charge is 0.504 e. The average Bonchev–Trinajstić information content (AvgIpc) is 2.42. The normalized spacial score (nSPS) is 20.4. The van der Waals surface area contributed by atoms with Crippen molar-refractivity contribution in [2.24, 2.45) is 5.41 Å². The van der Waals surface area contributed by atoms with Gasteiger partial charge in [-0.2, -0.15) is 4.98 Å². The second-order valence-electron chi connectivity index (χ2n) is 5.86. The molecule has 0 radical (unpaired) electrons. The number of nitrogens with one attached hydrogen (secondary N) is 3. The lowest BCUT2D eigenvalue weighted by Gasteiger charge is -2.28. The van der Waals surface area contributed by atoms with Crippen LogP contribution in [0.5, 0.6) is 0 Å². The number of carbonyl (C=O) groups excluding carboxylic acids is 1. The third kappa shape index (κ3) is 4.60. The maximum Gasteiger partial charge on any atom is 0.321 e. The van der Waals surface area contributed by atoms with E-state index in [1.807, 2.05) is 6.92 Å². The molecule has 1 aromatic rings. The molecule has 0 fully saturated rings. The van der Waals surface area contributed by atoms with Gasteiger partial charge in [0.2, 0.25) is 5.95 Å². The van der Waals surface area contributed by atoms with Crippen LogP contribution in [0.2, 0.25) is 0 Å². The molecule has 5 N–H and O–H groups in total. The summed E-state index contributed by atoms with van der Waals surface area (Å²) in [5.74, 6) is -0.186. The van der Waals surface area contributed by atoms with Crippen LogP contribution in [0.15, 0.2) is 34.5 Å². The molecule has 1 heterocycles. The van der Waals surface area contributed by atoms with Crippen LogP contribution in [0.1, 0.15) is 25.5 Å². The summed E-state index contributed by atoms with van der Waals surface area (Å²) in [7, 11) is 0. The molecule has 1 unspecified atom stereocenters. The number of H-pyrrole nitrogens is 1. The number of rotatable bonds is 4. The number of hydrogen-bond donors (Lipinski definition) is 5. The highest BCUT2D eigenvalue weighted by Crippen LogP contribution is 2.34. The van der Waals surface area contributed by atoms with Crippen molar-refractivity contribution in [3.63, 3.8) is 0 Å². The monoisotopic (exact) mass is 320 g/mol. The van der Waals surface area contributed by atoms with Crippen molar-refractivity contribution in [1.29, 1.82) is 0 Å². The number of aryl methyl sites for hydroxylation is 1. The lowest BCUT2D eigenvalue weighted by Crippen LogP contribution is -2.33. The van der Waals surface area contributed by atoms with E-state index >= 15 is 0 Å². The summed E-state index contributed by atoms with van der Waals surface area (Å²) in [6.45, 7) is 3.97. The van der Waals surface area contributed by atoms with Gasteiger partial charge in [0.25, 0.3) is 5.56 Å². The molecular weight excluding hydrogens is 300 g/mol. The van der Waals surface area contributed by atoms with Crippen LogP contribution in [-0.4, -0.2) is 32.8 Å². The summed E-state index contributed by atoms with van der Waals surface area (Å²) in [6, 6.07) is 0.846. The molecular formula is C15H20N4O4. The molecule has 1 aliphatic carbocycles. The average molecular weight is 320 g/mol. The summed E-state index contributed by atoms with van der Waals surface area (Å²) in [5, 5.41) is 24.0. The SMILES string of the molecule is Cc1cc(=O)nc(NC(=O)NCCC2(C)C=C(O)C(O)=CC2)[nH]1. The lowest BCUT2D eigenvalue weighted by atomic mass is 9.80. The Kier molecular flexibility index (Phi) is 4.73. The van der Waals surface area contributed by atoms with E-state index < -0.39 is 11.6 Å². The van der Waals surface area contributed by atoms with Crippen molar-refractivity contribution in [2.75, 3.05) is 11.9 Å². The zero-order valence-electron chi connectivity index (χ0n) is 13.0. The van der Waals surface area contributed by atoms with Crippen LogP contribution in [0.25, 0.3) is 0 Å². The molecule has 1 aliphatic rings. The Morgan fingerprint density at radius 3 is 2.83 bits per heavy atom. The summed E-state index contributed by atoms with van der Waals surface area (Å²) in [6.07, 6.45) is 4.28. The molecule has 0 saturated carbocycles. The highest BCUT2D eigenvalue weighted by atomic mass is 16.3. The molecule has 2 amide bonds. The van der Waals surface area contributed by atoms with E-state index in [1.54, 1.807) is 19.1 Å². The van der Waals surface area contributed by atoms with Crippen LogP contribution < -0.4 is 16.2 Å². The van der Waals surface area contributed by atoms with Crippen molar-refractivity contribution < 1.29 is 15.0 Å². The summed E-state index contributed by atoms with van der Waals surface area (Å²) in [5.41, 5.74) is -0.180. The molecule has 0 saturated heterocycles. The number of hydrogen-bond acceptors (Lipinski definition) is 5. The number of anilines is 1. The second-order valence-corrected chi connectivity index (χ2v) is 5.86. The smallest absolute Gasteiger partial charge is 0.321 e. The van der Waals surface area contributed by atoms with Crippen molar-refractivity contribution in [3.05, 3.63) is 45.8 Å². The van der Waals surface area contributed by atoms with Crippen LogP contribution in [-0.2, 0) is 0 Å². The van der Waals surface area contributed by atoms with Gasteiger partial charge in [0.15, 0.2) is 11.5 Å². The summed E-state index contributed by atoms with van der Waals surface area (Å²) >= 11 is 0. The Labute approximate surface area is 133 Å². The number of aliphatic hydroxyl groups is 2. The topological polar surface area (TPSA) is 127 Å². The Morgan fingerprint density at radius 2 is 2.17 bits per heavy atom. The third-order valence-corrected chi connectivity index (χ3v) is 3.60. The molecule has 124 valence electrons. The molecule has 8 heteroatoms. The van der Waals surface area contributed by atoms with Crippen molar-refractivity contribution in [2.45, 2.75) is 26.7 Å². The molecule has 0 aliphatic heterocycles. The summed E-state index contributed by atoms with van der Waals surface area (Å²) < 4.78 is 0. The highest BCUT2D eigenvalue weighted by molar-refractivity contribution is 5.87. The van der Waals surface area contributed by atoms with Crippen LogP contribution >= 0.6 is 0 Å². The second kappa shape index (κ2) is 6.55. The first-order valence-electron chi connectivity index (χ1n) is 7.21. The summed E-state index contributed by atoms with van der Waals surface area (Å²) in [4.78, 5) is 29.5. The van der Waals surface area contributed by atoms with Gasteiger partial charge >= 0.3 is 6.03 Å². The zero-order chi connectivity index (χ0) is 17.0. The number of amides is 2. The molecule has 1 aromatic heterocycles. The molecule has 0 spiro atoms. The van der Waals surface area contributed by atoms with Gasteiger partial charge in [-0.1, -0.05) is 6.92 Å². The number of nitrogens with zero attached hydrogens (tertiary/aromatic N) is 1. The van der Waals surface area contributed by atoms with Gasteiger partial charge in [-0.3, -0.25) is 10.1 Å². The standard InChI is InChI=1S/C15H20N4O4/c1-9-7-12(22)18-13(17-9)19-14(23)16-6-5-15(2)4-3-10(20)11(21)8-15/h3,7-8,20-21H,4-6H2,1-2H3,(H3,16,17,18,19,22,23). The maximum atomic E-state index is 11.8. The minimum atomic E-state index is -0.482. The van der Waals surface area contributed by atoms with E-state index in [0.29, 0.717) is 25.1 Å². The molecule has 23 heavy (non-hydrogen) atoms. The maximum absolute atomic E-state index is 11.8. The minimum absolute atomic E-state index is 0.0850. The molecule has 8 nitrogen and oxygen atoms in total. The Balaban J connectivity index is 1.84. The van der Waals surface area contributed by atoms with Crippen molar-refractivity contribution in [1.82, 2.24) is 15.3 Å². The van der Waals surface area contributed by atoms with E-state index in [4.69, 9.17) is 0 Å². The van der Waals surface area contributed by atoms with E-state index in [-0.39, 0.29) is 22.9 Å².